The molecule has 0 spiro atoms. The number of pyridine rings is 1. The van der Waals surface area contributed by atoms with Crippen LogP contribution in [-0.2, 0) is 3.79 Å². The molecule has 26 heavy (non-hydrogen) atoms. The Morgan fingerprint density at radius 1 is 1.00 bits per heavy atom. The lowest BCUT2D eigenvalue weighted by Gasteiger charge is -2.18. The maximum absolute atomic E-state index is 12.5. The first-order valence-electron chi connectivity index (χ1n) is 6.34. The summed E-state index contributed by atoms with van der Waals surface area (Å²) < 4.78 is 8.18. The summed E-state index contributed by atoms with van der Waals surface area (Å²) in [5.74, 6) is -1.48. The molecule has 0 amide bonds. The van der Waals surface area contributed by atoms with E-state index in [0.29, 0.717) is 0 Å². The van der Waals surface area contributed by atoms with Crippen molar-refractivity contribution in [1.29, 1.82) is 0 Å². The van der Waals surface area contributed by atoms with Crippen molar-refractivity contribution in [3.05, 3.63) is 48.5 Å². The van der Waals surface area contributed by atoms with Crippen LogP contribution in [0.4, 0.5) is 0 Å². The largest absolute Gasteiger partial charge is 0.480 e. The molecule has 0 saturated carbocycles. The van der Waals surface area contributed by atoms with Crippen LogP contribution in [0.15, 0.2) is 12.1 Å². The zero-order chi connectivity index (χ0) is 19.8. The van der Waals surface area contributed by atoms with Gasteiger partial charge < -0.3 is 9.47 Å². The van der Waals surface area contributed by atoms with E-state index in [9.17, 15) is 4.79 Å². The van der Waals surface area contributed by atoms with Gasteiger partial charge in [-0.3, -0.25) is 0 Å². The minimum absolute atomic E-state index is 0.0395. The molecule has 0 bridgehead atoms. The first-order chi connectivity index (χ1) is 12.0. The van der Waals surface area contributed by atoms with Gasteiger partial charge in [0.25, 0.3) is 0 Å². The van der Waals surface area contributed by atoms with Gasteiger partial charge in [0, 0.05) is 5.02 Å². The lowest BCUT2D eigenvalue weighted by atomic mass is 10.2. The van der Waals surface area contributed by atoms with E-state index in [4.69, 9.17) is 102 Å². The van der Waals surface area contributed by atoms with Crippen LogP contribution >= 0.6 is 92.8 Å². The van der Waals surface area contributed by atoms with Crippen LogP contribution in [0.2, 0.25) is 25.1 Å². The number of halogens is 8. The molecule has 4 nitrogen and oxygen atoms in total. The molecule has 0 aliphatic heterocycles. The molecule has 1 aromatic carbocycles. The number of benzene rings is 1. The number of methoxy groups -OCH3 is 1. The van der Waals surface area contributed by atoms with Crippen LogP contribution in [0.3, 0.4) is 0 Å². The number of rotatable bonds is 3. The van der Waals surface area contributed by atoms with Crippen molar-refractivity contribution in [3.8, 4) is 11.6 Å². The summed E-state index contributed by atoms with van der Waals surface area (Å²) >= 11 is 47.5. The zero-order valence-electron chi connectivity index (χ0n) is 12.4. The summed E-state index contributed by atoms with van der Waals surface area (Å²) in [5, 5.41) is -0.364. The van der Waals surface area contributed by atoms with Crippen molar-refractivity contribution in [2.24, 2.45) is 0 Å². The summed E-state index contributed by atoms with van der Waals surface area (Å²) in [7, 11) is 1.27. The van der Waals surface area contributed by atoms with Gasteiger partial charge in [-0.25, -0.2) is 9.78 Å². The lowest BCUT2D eigenvalue weighted by molar-refractivity contribution is 0.0735. The monoisotopic (exact) mass is 515 g/mol. The SMILES string of the molecule is COc1nc(C(Cl)(Cl)Cl)c(Cl)c(OC(=O)c2c(Cl)cc(Cl)cc2Cl)c1Cl. The van der Waals surface area contributed by atoms with Gasteiger partial charge in [0.1, 0.15) is 15.7 Å². The van der Waals surface area contributed by atoms with Crippen LogP contribution in [0.5, 0.6) is 11.6 Å². The fourth-order valence-electron chi connectivity index (χ4n) is 1.79. The van der Waals surface area contributed by atoms with Crippen LogP contribution in [0.1, 0.15) is 16.1 Å². The van der Waals surface area contributed by atoms with E-state index >= 15 is 0 Å². The second kappa shape index (κ2) is 8.54. The van der Waals surface area contributed by atoms with Gasteiger partial charge in [-0.15, -0.1) is 0 Å². The highest BCUT2D eigenvalue weighted by Crippen LogP contribution is 2.48. The van der Waals surface area contributed by atoms with Crippen LogP contribution in [0, 0.1) is 0 Å². The number of hydrogen-bond acceptors (Lipinski definition) is 4. The number of carbonyl (C=O) groups excluding carboxylic acids is 1. The number of alkyl halides is 3. The van der Waals surface area contributed by atoms with Crippen molar-refractivity contribution in [1.82, 2.24) is 4.98 Å². The first kappa shape index (κ1) is 22.3. The van der Waals surface area contributed by atoms with Crippen LogP contribution in [-0.4, -0.2) is 18.1 Å². The van der Waals surface area contributed by atoms with Gasteiger partial charge >= 0.3 is 5.97 Å². The highest BCUT2D eigenvalue weighted by molar-refractivity contribution is 6.67. The van der Waals surface area contributed by atoms with Crippen molar-refractivity contribution in [3.63, 3.8) is 0 Å². The zero-order valence-corrected chi connectivity index (χ0v) is 18.4. The molecule has 0 N–H and O–H groups in total. The van der Waals surface area contributed by atoms with Gasteiger partial charge in [0.2, 0.25) is 9.67 Å². The second-order valence-electron chi connectivity index (χ2n) is 4.56. The number of aromatic nitrogens is 1. The Bertz CT molecular complexity index is 858. The number of nitrogens with zero attached hydrogens (tertiary/aromatic N) is 1. The molecule has 1 heterocycles. The third-order valence-electron chi connectivity index (χ3n) is 2.88. The summed E-state index contributed by atoms with van der Waals surface area (Å²) in [5.41, 5.74) is -0.405. The summed E-state index contributed by atoms with van der Waals surface area (Å²) in [4.78, 5) is 16.4. The van der Waals surface area contributed by atoms with E-state index in [1.54, 1.807) is 0 Å². The number of hydrogen-bond donors (Lipinski definition) is 0. The van der Waals surface area contributed by atoms with E-state index in [2.05, 4.69) is 4.98 Å². The van der Waals surface area contributed by atoms with E-state index in [1.165, 1.54) is 19.2 Å². The summed E-state index contributed by atoms with van der Waals surface area (Å²) in [6, 6.07) is 2.63. The molecule has 0 fully saturated rings. The lowest BCUT2D eigenvalue weighted by Crippen LogP contribution is -2.14. The van der Waals surface area contributed by atoms with Crippen LogP contribution in [0.25, 0.3) is 0 Å². The minimum Gasteiger partial charge on any atom is -0.480 e. The van der Waals surface area contributed by atoms with E-state index in [1.807, 2.05) is 0 Å². The predicted molar refractivity (Wildman–Crippen MR) is 106 cm³/mol. The molecule has 140 valence electrons. The highest BCUT2D eigenvalue weighted by Gasteiger charge is 2.34. The smallest absolute Gasteiger partial charge is 0.346 e. The Kier molecular flexibility index (Phi) is 7.31. The molecule has 12 heteroatoms. The summed E-state index contributed by atoms with van der Waals surface area (Å²) in [6.45, 7) is 0. The third-order valence-corrected chi connectivity index (χ3v) is 4.91. The van der Waals surface area contributed by atoms with Gasteiger partial charge in [-0.05, 0) is 12.1 Å². The maximum atomic E-state index is 12.5. The standard InChI is InChI=1S/C14H5Cl8NO3/c1-25-12-9(19)10(8(18)11(23-12)14(20,21)22)26-13(24)7-5(16)2-4(15)3-6(7)17/h2-3H,1H3. The fraction of sp³-hybridized carbons (Fsp3) is 0.143. The Morgan fingerprint density at radius 3 is 2.00 bits per heavy atom. The molecule has 0 saturated heterocycles. The van der Waals surface area contributed by atoms with Crippen LogP contribution < -0.4 is 9.47 Å². The molecule has 0 aliphatic rings. The van der Waals surface area contributed by atoms with Crippen molar-refractivity contribution in [2.45, 2.75) is 3.79 Å². The Labute approximate surface area is 188 Å². The average molecular weight is 519 g/mol. The Morgan fingerprint density at radius 2 is 1.54 bits per heavy atom. The first-order valence-corrected chi connectivity index (χ1v) is 9.36. The van der Waals surface area contributed by atoms with Crippen molar-refractivity contribution < 1.29 is 14.3 Å². The van der Waals surface area contributed by atoms with Gasteiger partial charge in [-0.1, -0.05) is 92.8 Å². The second-order valence-corrected chi connectivity index (χ2v) is 8.85. The highest BCUT2D eigenvalue weighted by atomic mass is 35.6. The van der Waals surface area contributed by atoms with Gasteiger partial charge in [-0.2, -0.15) is 0 Å². The summed E-state index contributed by atoms with van der Waals surface area (Å²) in [6.07, 6.45) is 0. The van der Waals surface area contributed by atoms with Gasteiger partial charge in [0.05, 0.1) is 22.7 Å². The average Bonchev–Trinajstić information content (AvgIpc) is 2.49. The number of carbonyl (C=O) groups is 1. The van der Waals surface area contributed by atoms with E-state index in [-0.39, 0.29) is 48.0 Å². The molecule has 0 aliphatic carbocycles. The minimum atomic E-state index is -2.04. The van der Waals surface area contributed by atoms with E-state index < -0.39 is 9.76 Å². The maximum Gasteiger partial charge on any atom is 0.346 e. The normalized spacial score (nSPS) is 11.4. The quantitative estimate of drug-likeness (QED) is 0.314. The number of esters is 1. The third kappa shape index (κ3) is 4.68. The Balaban J connectivity index is 2.58. The fourth-order valence-corrected chi connectivity index (χ4v) is 3.94. The topological polar surface area (TPSA) is 48.4 Å². The molecule has 2 aromatic rings. The molecule has 0 atom stereocenters. The molecule has 0 unspecified atom stereocenters. The van der Waals surface area contributed by atoms with E-state index in [0.717, 1.165) is 0 Å². The Hall–Kier alpha value is -0.0400. The molecule has 2 rings (SSSR count). The van der Waals surface area contributed by atoms with Crippen molar-refractivity contribution in [2.75, 3.05) is 7.11 Å². The molecule has 1 aromatic heterocycles. The number of ether oxygens (including phenoxy) is 2. The predicted octanol–water partition coefficient (Wildman–Crippen LogP) is 7.40. The molecular weight excluding hydrogens is 514 g/mol. The van der Waals surface area contributed by atoms with Crippen molar-refractivity contribution >= 4 is 98.8 Å². The molecule has 0 radical (unpaired) electrons. The van der Waals surface area contributed by atoms with Gasteiger partial charge in [0.15, 0.2) is 5.75 Å². The molecular formula is C14H5Cl8NO3.